The lowest BCUT2D eigenvalue weighted by molar-refractivity contribution is -0.174. The summed E-state index contributed by atoms with van der Waals surface area (Å²) in [6.45, 7) is 9.08. The van der Waals surface area contributed by atoms with Gasteiger partial charge in [-0.15, -0.1) is 0 Å². The van der Waals surface area contributed by atoms with Gasteiger partial charge in [-0.2, -0.15) is 0 Å². The van der Waals surface area contributed by atoms with E-state index in [0.717, 1.165) is 38.5 Å². The molecule has 8 unspecified atom stereocenters. The summed E-state index contributed by atoms with van der Waals surface area (Å²) >= 11 is 0. The predicted molar refractivity (Wildman–Crippen MR) is 112 cm³/mol. The molecule has 160 valence electrons. The van der Waals surface area contributed by atoms with Crippen LogP contribution in [-0.2, 0) is 4.79 Å². The van der Waals surface area contributed by atoms with Gasteiger partial charge in [0.15, 0.2) is 0 Å². The van der Waals surface area contributed by atoms with Crippen molar-refractivity contribution in [2.24, 2.45) is 46.3 Å². The van der Waals surface area contributed by atoms with Gasteiger partial charge in [-0.3, -0.25) is 0 Å². The number of aliphatic hydroxyl groups excluding tert-OH is 2. The Labute approximate surface area is 171 Å². The predicted octanol–water partition coefficient (Wildman–Crippen LogP) is 4.98. The zero-order valence-electron chi connectivity index (χ0n) is 18.5. The first-order valence-electron chi connectivity index (χ1n) is 12.0. The summed E-state index contributed by atoms with van der Waals surface area (Å²) in [6, 6.07) is 0. The molecule has 0 amide bonds. The zero-order valence-corrected chi connectivity index (χ0v) is 18.5. The molecule has 10 atom stereocenters. The lowest BCUT2D eigenvalue weighted by Crippen LogP contribution is -2.58. The summed E-state index contributed by atoms with van der Waals surface area (Å²) in [5, 5.41) is 21.5. The molecule has 0 spiro atoms. The van der Waals surface area contributed by atoms with Crippen LogP contribution in [0.1, 0.15) is 91.9 Å². The molecule has 4 saturated carbocycles. The van der Waals surface area contributed by atoms with E-state index in [4.69, 9.17) is 0 Å². The van der Waals surface area contributed by atoms with Crippen molar-refractivity contribution in [2.45, 2.75) is 104 Å². The van der Waals surface area contributed by atoms with Gasteiger partial charge in [-0.1, -0.05) is 20.8 Å². The van der Waals surface area contributed by atoms with Crippen molar-refractivity contribution in [3.8, 4) is 0 Å². The smallest absolute Gasteiger partial charge is 0.129 e. The molecule has 0 aliphatic heterocycles. The van der Waals surface area contributed by atoms with E-state index in [2.05, 4.69) is 20.8 Å². The molecular weight excluding hydrogens is 348 g/mol. The van der Waals surface area contributed by atoms with E-state index in [1.54, 1.807) is 6.92 Å². The first-order chi connectivity index (χ1) is 13.2. The van der Waals surface area contributed by atoms with Crippen LogP contribution in [0.3, 0.4) is 0 Å². The lowest BCUT2D eigenvalue weighted by atomic mass is 9.43. The quantitative estimate of drug-likeness (QED) is 0.711. The lowest BCUT2D eigenvalue weighted by Gasteiger charge is -2.62. The Morgan fingerprint density at radius 2 is 1.68 bits per heavy atom. The number of carbonyl (C=O) groups is 1. The highest BCUT2D eigenvalue weighted by Gasteiger charge is 2.62. The van der Waals surface area contributed by atoms with Crippen LogP contribution in [0, 0.1) is 46.3 Å². The maximum absolute atomic E-state index is 11.5. The largest absolute Gasteiger partial charge is 0.393 e. The molecule has 0 aromatic heterocycles. The van der Waals surface area contributed by atoms with Gasteiger partial charge in [0.1, 0.15) is 5.78 Å². The average molecular weight is 391 g/mol. The van der Waals surface area contributed by atoms with Crippen LogP contribution in [-0.4, -0.2) is 28.2 Å². The molecule has 4 aliphatic rings. The molecule has 3 nitrogen and oxygen atoms in total. The number of fused-ring (bicyclic) bond motifs is 5. The molecule has 0 aromatic carbocycles. The van der Waals surface area contributed by atoms with Gasteiger partial charge in [-0.25, -0.2) is 0 Å². The normalized spacial score (nSPS) is 51.7. The maximum Gasteiger partial charge on any atom is 0.129 e. The first kappa shape index (κ1) is 20.8. The number of ketones is 1. The molecule has 0 heterocycles. The van der Waals surface area contributed by atoms with Crippen molar-refractivity contribution < 1.29 is 15.0 Å². The van der Waals surface area contributed by atoms with Gasteiger partial charge in [0.25, 0.3) is 0 Å². The third-order valence-corrected chi connectivity index (χ3v) is 10.4. The minimum absolute atomic E-state index is 0.159. The highest BCUT2D eigenvalue weighted by atomic mass is 16.3. The molecule has 2 N–H and O–H groups in total. The number of aliphatic hydroxyl groups is 2. The number of Topliss-reactive ketones (excluding diaryl/α,β-unsaturated/α-hetero) is 1. The summed E-state index contributed by atoms with van der Waals surface area (Å²) in [7, 11) is 0. The van der Waals surface area contributed by atoms with E-state index in [0.29, 0.717) is 52.1 Å². The molecule has 4 fully saturated rings. The Kier molecular flexibility index (Phi) is 5.49. The van der Waals surface area contributed by atoms with Crippen LogP contribution < -0.4 is 0 Å². The second-order valence-corrected chi connectivity index (χ2v) is 11.7. The molecule has 4 aliphatic carbocycles. The average Bonchev–Trinajstić information content (AvgIpc) is 2.98. The van der Waals surface area contributed by atoms with E-state index in [9.17, 15) is 15.0 Å². The van der Waals surface area contributed by atoms with Gasteiger partial charge >= 0.3 is 0 Å². The van der Waals surface area contributed by atoms with Crippen LogP contribution in [0.5, 0.6) is 0 Å². The molecular formula is C25H42O3. The maximum atomic E-state index is 11.5. The summed E-state index contributed by atoms with van der Waals surface area (Å²) in [5.74, 6) is 3.81. The Morgan fingerprint density at radius 3 is 2.39 bits per heavy atom. The Balaban J connectivity index is 1.55. The fraction of sp³-hybridized carbons (Fsp3) is 0.960. The molecule has 3 heteroatoms. The van der Waals surface area contributed by atoms with E-state index in [-0.39, 0.29) is 12.2 Å². The monoisotopic (exact) mass is 390 g/mol. The minimum atomic E-state index is -0.190. The topological polar surface area (TPSA) is 57.5 Å². The van der Waals surface area contributed by atoms with E-state index in [1.165, 1.54) is 25.7 Å². The molecule has 0 radical (unpaired) electrons. The number of rotatable bonds is 4. The molecule has 0 saturated heterocycles. The molecule has 4 rings (SSSR count). The van der Waals surface area contributed by atoms with Gasteiger partial charge in [0.05, 0.1) is 12.2 Å². The fourth-order valence-corrected chi connectivity index (χ4v) is 8.81. The highest BCUT2D eigenvalue weighted by Crippen LogP contribution is 2.68. The SMILES string of the molecule is CC(=O)CCC(C)C1CCC2C3C(O)C[C@@H]4CC(O)CC[C@]4(C)C3CCC12C. The van der Waals surface area contributed by atoms with Gasteiger partial charge < -0.3 is 15.0 Å². The number of hydrogen-bond acceptors (Lipinski definition) is 3. The summed E-state index contributed by atoms with van der Waals surface area (Å²) in [6.07, 6.45) is 10.3. The van der Waals surface area contributed by atoms with Gasteiger partial charge in [0, 0.05) is 6.42 Å². The van der Waals surface area contributed by atoms with Gasteiger partial charge in [0.2, 0.25) is 0 Å². The van der Waals surface area contributed by atoms with E-state index < -0.39 is 0 Å². The zero-order chi connectivity index (χ0) is 20.3. The van der Waals surface area contributed by atoms with Crippen molar-refractivity contribution in [1.82, 2.24) is 0 Å². The summed E-state index contributed by atoms with van der Waals surface area (Å²) in [4.78, 5) is 11.5. The van der Waals surface area contributed by atoms with Crippen LogP contribution >= 0.6 is 0 Å². The van der Waals surface area contributed by atoms with E-state index >= 15 is 0 Å². The first-order valence-corrected chi connectivity index (χ1v) is 12.0. The summed E-state index contributed by atoms with van der Waals surface area (Å²) in [5.41, 5.74) is 0.637. The molecule has 0 aromatic rings. The van der Waals surface area contributed by atoms with Crippen molar-refractivity contribution in [3.63, 3.8) is 0 Å². The summed E-state index contributed by atoms with van der Waals surface area (Å²) < 4.78 is 0. The van der Waals surface area contributed by atoms with Crippen LogP contribution in [0.4, 0.5) is 0 Å². The standard InChI is InChI=1S/C25H42O3/c1-15(5-6-16(2)26)19-7-8-20-23-21(10-12-25(19,20)4)24(3)11-9-18(27)13-17(24)14-22(23)28/h15,17-23,27-28H,5-14H2,1-4H3/t15?,17-,18?,19?,20?,21?,22?,23?,24-,25?/m0/s1. The Morgan fingerprint density at radius 1 is 1.00 bits per heavy atom. The highest BCUT2D eigenvalue weighted by molar-refractivity contribution is 5.75. The van der Waals surface area contributed by atoms with Crippen molar-refractivity contribution in [2.75, 3.05) is 0 Å². The third kappa shape index (κ3) is 3.20. The minimum Gasteiger partial charge on any atom is -0.393 e. The second kappa shape index (κ2) is 7.38. The van der Waals surface area contributed by atoms with Crippen LogP contribution in [0.2, 0.25) is 0 Å². The Hall–Kier alpha value is -0.410. The van der Waals surface area contributed by atoms with Crippen molar-refractivity contribution in [1.29, 1.82) is 0 Å². The van der Waals surface area contributed by atoms with Crippen LogP contribution in [0.25, 0.3) is 0 Å². The molecule has 0 bridgehead atoms. The van der Waals surface area contributed by atoms with Crippen molar-refractivity contribution >= 4 is 5.78 Å². The fourth-order valence-electron chi connectivity index (χ4n) is 8.81. The van der Waals surface area contributed by atoms with Crippen LogP contribution in [0.15, 0.2) is 0 Å². The Bertz CT molecular complexity index is 603. The van der Waals surface area contributed by atoms with Crippen molar-refractivity contribution in [3.05, 3.63) is 0 Å². The number of hydrogen-bond donors (Lipinski definition) is 2. The molecule has 28 heavy (non-hydrogen) atoms. The van der Waals surface area contributed by atoms with E-state index in [1.807, 2.05) is 0 Å². The second-order valence-electron chi connectivity index (χ2n) is 11.7. The third-order valence-electron chi connectivity index (χ3n) is 10.4. The number of carbonyl (C=O) groups excluding carboxylic acids is 1. The van der Waals surface area contributed by atoms with Gasteiger partial charge in [-0.05, 0) is 111 Å².